The summed E-state index contributed by atoms with van der Waals surface area (Å²) in [6.07, 6.45) is 2.26. The Bertz CT molecular complexity index is 648. The molecule has 0 radical (unpaired) electrons. The van der Waals surface area contributed by atoms with E-state index in [4.69, 9.17) is 10.00 Å². The fourth-order valence-electron chi connectivity index (χ4n) is 2.56. The van der Waals surface area contributed by atoms with Gasteiger partial charge in [-0.25, -0.2) is 4.79 Å². The molecule has 2 rings (SSSR count). The third-order valence-electron chi connectivity index (χ3n) is 3.36. The van der Waals surface area contributed by atoms with Crippen molar-refractivity contribution in [2.45, 2.75) is 32.8 Å². The largest absolute Gasteiger partial charge is 0.455 e. The topological polar surface area (TPSA) is 53.3 Å². The van der Waals surface area contributed by atoms with Crippen molar-refractivity contribution in [1.82, 2.24) is 0 Å². The summed E-state index contributed by atoms with van der Waals surface area (Å²) in [7, 11) is 0. The van der Waals surface area contributed by atoms with Crippen LogP contribution in [-0.2, 0) is 9.53 Å². The van der Waals surface area contributed by atoms with Crippen molar-refractivity contribution in [3.05, 3.63) is 53.9 Å². The molecule has 1 aliphatic heterocycles. The number of esters is 1. The number of hydrogen-bond acceptors (Lipinski definition) is 4. The van der Waals surface area contributed by atoms with E-state index >= 15 is 0 Å². The highest BCUT2D eigenvalue weighted by atomic mass is 16.6. The van der Waals surface area contributed by atoms with Crippen LogP contribution in [0.2, 0.25) is 0 Å². The fraction of sp³-hybridized carbons (Fsp3) is 0.294. The van der Waals surface area contributed by atoms with Gasteiger partial charge in [-0.15, -0.1) is 0 Å². The molecule has 0 aliphatic carbocycles. The van der Waals surface area contributed by atoms with Gasteiger partial charge in [0.2, 0.25) is 0 Å². The summed E-state index contributed by atoms with van der Waals surface area (Å²) in [6, 6.07) is 9.06. The second-order valence-electron chi connectivity index (χ2n) is 5.67. The summed E-state index contributed by atoms with van der Waals surface area (Å²) < 4.78 is 5.47. The average Bonchev–Trinajstić information content (AvgIpc) is 2.42. The normalized spacial score (nSPS) is 17.0. The Labute approximate surface area is 124 Å². The first-order valence-electron chi connectivity index (χ1n) is 6.73. The van der Waals surface area contributed by atoms with E-state index in [0.29, 0.717) is 17.7 Å². The van der Waals surface area contributed by atoms with Gasteiger partial charge < -0.3 is 9.64 Å². The van der Waals surface area contributed by atoms with E-state index in [0.717, 1.165) is 11.3 Å². The molecule has 0 fully saturated rings. The lowest BCUT2D eigenvalue weighted by molar-refractivity contribution is -0.153. The number of anilines is 1. The average molecular weight is 282 g/mol. The molecule has 108 valence electrons. The van der Waals surface area contributed by atoms with Crippen molar-refractivity contribution in [3.8, 4) is 6.07 Å². The Morgan fingerprint density at radius 2 is 2.00 bits per heavy atom. The molecule has 1 aromatic carbocycles. The predicted octanol–water partition coefficient (Wildman–Crippen LogP) is 3.51. The standard InChI is InChI=1S/C17H18N2O2/c1-5-19(14-8-6-13(11-18)7-9-14)15-12(2)10-17(3,4)21-16(15)20/h5-9H,1,10H2,2-4H3. The Kier molecular flexibility index (Phi) is 3.86. The molecule has 21 heavy (non-hydrogen) atoms. The van der Waals surface area contributed by atoms with Crippen LogP contribution in [-0.4, -0.2) is 11.6 Å². The Balaban J connectivity index is 2.43. The molecule has 1 heterocycles. The molecule has 0 unspecified atom stereocenters. The summed E-state index contributed by atoms with van der Waals surface area (Å²) in [5.41, 5.74) is 2.31. The minimum Gasteiger partial charge on any atom is -0.455 e. The van der Waals surface area contributed by atoms with Gasteiger partial charge in [0.25, 0.3) is 0 Å². The second-order valence-corrected chi connectivity index (χ2v) is 5.67. The number of rotatable bonds is 3. The molecule has 0 aromatic heterocycles. The number of benzene rings is 1. The van der Waals surface area contributed by atoms with Gasteiger partial charge in [0.15, 0.2) is 0 Å². The molecule has 0 spiro atoms. The molecule has 0 saturated carbocycles. The molecule has 1 aromatic rings. The first-order valence-corrected chi connectivity index (χ1v) is 6.73. The number of carbonyl (C=O) groups is 1. The smallest absolute Gasteiger partial charge is 0.355 e. The SMILES string of the molecule is C=CN(C1=C(C)CC(C)(C)OC1=O)c1ccc(C#N)cc1. The van der Waals surface area contributed by atoms with Gasteiger partial charge >= 0.3 is 5.97 Å². The lowest BCUT2D eigenvalue weighted by atomic mass is 9.94. The maximum absolute atomic E-state index is 12.3. The van der Waals surface area contributed by atoms with Crippen LogP contribution >= 0.6 is 0 Å². The summed E-state index contributed by atoms with van der Waals surface area (Å²) in [5, 5.41) is 8.85. The van der Waals surface area contributed by atoms with Crippen LogP contribution < -0.4 is 4.90 Å². The van der Waals surface area contributed by atoms with E-state index in [-0.39, 0.29) is 5.97 Å². The van der Waals surface area contributed by atoms with Gasteiger partial charge in [0.1, 0.15) is 11.3 Å². The predicted molar refractivity (Wildman–Crippen MR) is 81.3 cm³/mol. The zero-order valence-corrected chi connectivity index (χ0v) is 12.5. The molecular weight excluding hydrogens is 264 g/mol. The van der Waals surface area contributed by atoms with Crippen LogP contribution in [0, 0.1) is 11.3 Å². The molecule has 0 N–H and O–H groups in total. The quantitative estimate of drug-likeness (QED) is 0.796. The maximum atomic E-state index is 12.3. The van der Waals surface area contributed by atoms with Crippen molar-refractivity contribution in [2.24, 2.45) is 0 Å². The van der Waals surface area contributed by atoms with Crippen molar-refractivity contribution >= 4 is 11.7 Å². The van der Waals surface area contributed by atoms with Gasteiger partial charge in [0, 0.05) is 18.3 Å². The van der Waals surface area contributed by atoms with Gasteiger partial charge in [-0.1, -0.05) is 6.58 Å². The molecule has 4 heteroatoms. The molecule has 4 nitrogen and oxygen atoms in total. The number of hydrogen-bond donors (Lipinski definition) is 0. The Morgan fingerprint density at radius 1 is 1.38 bits per heavy atom. The summed E-state index contributed by atoms with van der Waals surface area (Å²) >= 11 is 0. The van der Waals surface area contributed by atoms with Crippen molar-refractivity contribution < 1.29 is 9.53 Å². The molecule has 0 saturated heterocycles. The van der Waals surface area contributed by atoms with Gasteiger partial charge in [0.05, 0.1) is 11.6 Å². The lowest BCUT2D eigenvalue weighted by Crippen LogP contribution is -2.38. The maximum Gasteiger partial charge on any atom is 0.355 e. The van der Waals surface area contributed by atoms with E-state index in [1.54, 1.807) is 35.4 Å². The van der Waals surface area contributed by atoms with Crippen molar-refractivity contribution in [1.29, 1.82) is 5.26 Å². The zero-order chi connectivity index (χ0) is 15.6. The van der Waals surface area contributed by atoms with Crippen LogP contribution in [0.5, 0.6) is 0 Å². The number of nitrogens with zero attached hydrogens (tertiary/aromatic N) is 2. The summed E-state index contributed by atoms with van der Waals surface area (Å²) in [4.78, 5) is 14.0. The number of ether oxygens (including phenoxy) is 1. The van der Waals surface area contributed by atoms with E-state index in [9.17, 15) is 4.79 Å². The van der Waals surface area contributed by atoms with Crippen LogP contribution in [0.3, 0.4) is 0 Å². The molecule has 0 atom stereocenters. The molecule has 0 amide bonds. The summed E-state index contributed by atoms with van der Waals surface area (Å²) in [6.45, 7) is 9.50. The highest BCUT2D eigenvalue weighted by Gasteiger charge is 2.35. The Hall–Kier alpha value is -2.54. The van der Waals surface area contributed by atoms with Crippen LogP contribution in [0.15, 0.2) is 48.3 Å². The number of carbonyl (C=O) groups excluding carboxylic acids is 1. The van der Waals surface area contributed by atoms with Gasteiger partial charge in [-0.2, -0.15) is 5.26 Å². The highest BCUT2D eigenvalue weighted by molar-refractivity contribution is 5.95. The third kappa shape index (κ3) is 2.97. The van der Waals surface area contributed by atoms with E-state index in [1.165, 1.54) is 0 Å². The van der Waals surface area contributed by atoms with Crippen LogP contribution in [0.1, 0.15) is 32.8 Å². The van der Waals surface area contributed by atoms with E-state index in [1.807, 2.05) is 20.8 Å². The molecule has 0 bridgehead atoms. The first kappa shape index (κ1) is 14.9. The monoisotopic (exact) mass is 282 g/mol. The zero-order valence-electron chi connectivity index (χ0n) is 12.5. The van der Waals surface area contributed by atoms with Gasteiger partial charge in [-0.3, -0.25) is 0 Å². The van der Waals surface area contributed by atoms with E-state index < -0.39 is 5.60 Å². The van der Waals surface area contributed by atoms with Crippen LogP contribution in [0.25, 0.3) is 0 Å². The lowest BCUT2D eigenvalue weighted by Gasteiger charge is -2.35. The summed E-state index contributed by atoms with van der Waals surface area (Å²) in [5.74, 6) is -0.354. The minimum atomic E-state index is -0.484. The number of nitriles is 1. The molecule has 1 aliphatic rings. The van der Waals surface area contributed by atoms with Crippen LogP contribution in [0.4, 0.5) is 5.69 Å². The molecular formula is C17H18N2O2. The minimum absolute atomic E-state index is 0.354. The van der Waals surface area contributed by atoms with E-state index in [2.05, 4.69) is 12.6 Å². The number of cyclic esters (lactones) is 1. The second kappa shape index (κ2) is 5.45. The van der Waals surface area contributed by atoms with Crippen molar-refractivity contribution in [3.63, 3.8) is 0 Å². The first-order chi connectivity index (χ1) is 9.88. The highest BCUT2D eigenvalue weighted by Crippen LogP contribution is 2.33. The van der Waals surface area contributed by atoms with Crippen molar-refractivity contribution in [2.75, 3.05) is 4.90 Å². The van der Waals surface area contributed by atoms with Gasteiger partial charge in [-0.05, 0) is 50.6 Å². The Morgan fingerprint density at radius 3 is 2.48 bits per heavy atom. The third-order valence-corrected chi connectivity index (χ3v) is 3.36. The fourth-order valence-corrected chi connectivity index (χ4v) is 2.56.